The van der Waals surface area contributed by atoms with Crippen LogP contribution in [0.5, 0.6) is 0 Å². The number of allylic oxidation sites excluding steroid dienone is 1. The summed E-state index contributed by atoms with van der Waals surface area (Å²) in [6.45, 7) is 18.7. The molecule has 4 fully saturated rings. The van der Waals surface area contributed by atoms with Crippen LogP contribution in [0.25, 0.3) is 0 Å². The number of esters is 4. The first-order chi connectivity index (χ1) is 21.7. The van der Waals surface area contributed by atoms with E-state index in [0.717, 1.165) is 38.5 Å². The van der Waals surface area contributed by atoms with Gasteiger partial charge in [0.05, 0.1) is 11.0 Å². The summed E-state index contributed by atoms with van der Waals surface area (Å²) in [5, 5.41) is 12.2. The second-order valence-corrected chi connectivity index (χ2v) is 17.2. The Morgan fingerprint density at radius 3 is 1.94 bits per heavy atom. The minimum atomic E-state index is -1.14. The van der Waals surface area contributed by atoms with Gasteiger partial charge in [0, 0.05) is 33.6 Å². The first kappa shape index (κ1) is 35.9. The topological polar surface area (TPSA) is 125 Å². The maximum atomic E-state index is 12.6. The predicted molar refractivity (Wildman–Crippen MR) is 175 cm³/mol. The van der Waals surface area contributed by atoms with E-state index in [1.54, 1.807) is 0 Å². The van der Waals surface area contributed by atoms with E-state index >= 15 is 0 Å². The third-order valence-corrected chi connectivity index (χ3v) is 14.7. The monoisotopic (exact) mass is 658 g/mol. The van der Waals surface area contributed by atoms with E-state index in [2.05, 4.69) is 47.6 Å². The van der Waals surface area contributed by atoms with Crippen molar-refractivity contribution in [2.75, 3.05) is 13.2 Å². The molecule has 0 saturated heterocycles. The number of carbonyl (C=O) groups is 4. The van der Waals surface area contributed by atoms with Crippen molar-refractivity contribution in [2.45, 2.75) is 138 Å². The van der Waals surface area contributed by atoms with E-state index in [4.69, 9.17) is 18.9 Å². The lowest BCUT2D eigenvalue weighted by Gasteiger charge is -2.72. The number of hydrogen-bond donors (Lipinski definition) is 1. The predicted octanol–water partition coefficient (Wildman–Crippen LogP) is 6.34. The van der Waals surface area contributed by atoms with Crippen molar-refractivity contribution in [1.82, 2.24) is 0 Å². The lowest BCUT2D eigenvalue weighted by molar-refractivity contribution is -0.269. The molecule has 0 spiro atoms. The van der Waals surface area contributed by atoms with E-state index in [0.29, 0.717) is 12.8 Å². The number of carbonyl (C=O) groups excluding carboxylic acids is 4. The fraction of sp³-hybridized carbons (Fsp3) is 0.842. The van der Waals surface area contributed by atoms with Crippen LogP contribution in [0.1, 0.15) is 121 Å². The van der Waals surface area contributed by atoms with Crippen LogP contribution in [0, 0.1) is 50.7 Å². The standard InChI is InChI=1S/C38H58O9/c1-22-13-15-33(6)17-18-35(8)27(31(33)37(22,10)43)11-12-29-34(7)19-28(46-25(4)41)32(47-26(5)42)38(20-44-23(2)39,21-45-24(3)40)30(34)14-16-36(29,35)9/h11,22,28-32,43H,12-21H2,1-10H3/t22-,28-,29-,30-,31+,32+,33+,34-,35+,36+,37-/m1/s1. The number of hydrogen-bond acceptors (Lipinski definition) is 9. The van der Waals surface area contributed by atoms with E-state index in [-0.39, 0.29) is 53.1 Å². The van der Waals surface area contributed by atoms with Gasteiger partial charge in [0.2, 0.25) is 0 Å². The summed E-state index contributed by atoms with van der Waals surface area (Å²) in [6, 6.07) is 0. The summed E-state index contributed by atoms with van der Waals surface area (Å²) < 4.78 is 23.5. The highest BCUT2D eigenvalue weighted by atomic mass is 16.6. The molecule has 0 aliphatic heterocycles. The Bertz CT molecular complexity index is 1310. The van der Waals surface area contributed by atoms with E-state index in [9.17, 15) is 24.3 Å². The molecule has 5 aliphatic carbocycles. The largest absolute Gasteiger partial charge is 0.465 e. The van der Waals surface area contributed by atoms with Gasteiger partial charge in [0.25, 0.3) is 0 Å². The lowest BCUT2D eigenvalue weighted by Crippen LogP contribution is -2.71. The average molecular weight is 659 g/mol. The Morgan fingerprint density at radius 2 is 1.38 bits per heavy atom. The smallest absolute Gasteiger partial charge is 0.303 e. The van der Waals surface area contributed by atoms with Crippen LogP contribution >= 0.6 is 0 Å². The third kappa shape index (κ3) is 5.45. The molecule has 0 amide bonds. The van der Waals surface area contributed by atoms with Crippen molar-refractivity contribution in [3.8, 4) is 0 Å². The van der Waals surface area contributed by atoms with Gasteiger partial charge in [-0.05, 0) is 97.7 Å². The number of ether oxygens (including phenoxy) is 4. The normalized spacial score (nSPS) is 45.0. The average Bonchev–Trinajstić information content (AvgIpc) is 2.94. The second-order valence-electron chi connectivity index (χ2n) is 17.2. The summed E-state index contributed by atoms with van der Waals surface area (Å²) in [7, 11) is 0. The molecule has 9 heteroatoms. The highest BCUT2D eigenvalue weighted by molar-refractivity contribution is 5.68. The lowest BCUT2D eigenvalue weighted by atomic mass is 9.33. The van der Waals surface area contributed by atoms with Gasteiger partial charge in [-0.1, -0.05) is 46.3 Å². The van der Waals surface area contributed by atoms with E-state index in [1.165, 1.54) is 33.3 Å². The van der Waals surface area contributed by atoms with Crippen LogP contribution in [-0.2, 0) is 38.1 Å². The molecule has 11 atom stereocenters. The minimum Gasteiger partial charge on any atom is -0.465 e. The highest BCUT2D eigenvalue weighted by Gasteiger charge is 2.73. The number of rotatable bonds is 6. The molecule has 0 aromatic heterocycles. The molecule has 0 aromatic carbocycles. The van der Waals surface area contributed by atoms with Crippen LogP contribution in [0.2, 0.25) is 0 Å². The quantitative estimate of drug-likeness (QED) is 0.198. The fourth-order valence-electron chi connectivity index (χ4n) is 12.1. The Balaban J connectivity index is 1.68. The molecule has 5 rings (SSSR count). The molecule has 1 N–H and O–H groups in total. The molecule has 4 saturated carbocycles. The van der Waals surface area contributed by atoms with Gasteiger partial charge in [-0.25, -0.2) is 0 Å². The molecule has 0 aromatic rings. The molecule has 0 bridgehead atoms. The van der Waals surface area contributed by atoms with Gasteiger partial charge in [-0.15, -0.1) is 0 Å². The zero-order valence-electron chi connectivity index (χ0n) is 30.3. The van der Waals surface area contributed by atoms with Gasteiger partial charge in [0.1, 0.15) is 19.3 Å². The maximum absolute atomic E-state index is 12.6. The molecule has 9 nitrogen and oxygen atoms in total. The molecular formula is C38H58O9. The fourth-order valence-corrected chi connectivity index (χ4v) is 12.1. The SMILES string of the molecule is CC(=O)OCC1(COC(C)=O)[C@@H](OC(C)=O)[C@H](OC(C)=O)C[C@]2(C)[C@H]3CC=C4[C@H]5[C@@](C)(CC[C@@H](C)[C@@]5(C)O)CC[C@]4(C)[C@@]3(C)CC[C@@H]12. The van der Waals surface area contributed by atoms with Gasteiger partial charge in [-0.2, -0.15) is 0 Å². The zero-order chi connectivity index (χ0) is 35.0. The number of fused-ring (bicyclic) bond motifs is 7. The summed E-state index contributed by atoms with van der Waals surface area (Å²) in [4.78, 5) is 49.9. The second kappa shape index (κ2) is 11.9. The van der Waals surface area contributed by atoms with Crippen LogP contribution in [0.4, 0.5) is 0 Å². The van der Waals surface area contributed by atoms with Gasteiger partial charge >= 0.3 is 23.9 Å². The first-order valence-electron chi connectivity index (χ1n) is 17.7. The molecule has 0 heterocycles. The summed E-state index contributed by atoms with van der Waals surface area (Å²) >= 11 is 0. The summed E-state index contributed by atoms with van der Waals surface area (Å²) in [6.07, 6.45) is 7.64. The van der Waals surface area contributed by atoms with Crippen molar-refractivity contribution in [3.63, 3.8) is 0 Å². The Labute approximate surface area is 280 Å². The highest BCUT2D eigenvalue weighted by Crippen LogP contribution is 2.76. The van der Waals surface area contributed by atoms with Crippen molar-refractivity contribution >= 4 is 23.9 Å². The van der Waals surface area contributed by atoms with E-state index < -0.39 is 52.5 Å². The maximum Gasteiger partial charge on any atom is 0.303 e. The minimum absolute atomic E-state index is 0.0391. The molecular weight excluding hydrogens is 600 g/mol. The zero-order valence-corrected chi connectivity index (χ0v) is 30.3. The molecule has 264 valence electrons. The first-order valence-corrected chi connectivity index (χ1v) is 17.7. The molecule has 5 aliphatic rings. The van der Waals surface area contributed by atoms with Gasteiger partial charge in [-0.3, -0.25) is 19.2 Å². The van der Waals surface area contributed by atoms with Crippen molar-refractivity contribution in [2.24, 2.45) is 50.7 Å². The Morgan fingerprint density at radius 1 is 0.787 bits per heavy atom. The van der Waals surface area contributed by atoms with Crippen LogP contribution in [-0.4, -0.2) is 60.0 Å². The Hall–Kier alpha value is -2.42. The van der Waals surface area contributed by atoms with Crippen LogP contribution in [0.15, 0.2) is 11.6 Å². The number of aliphatic hydroxyl groups is 1. The molecule has 0 unspecified atom stereocenters. The Kier molecular flexibility index (Phi) is 9.06. The third-order valence-electron chi connectivity index (χ3n) is 14.7. The van der Waals surface area contributed by atoms with Gasteiger partial charge < -0.3 is 24.1 Å². The molecule has 47 heavy (non-hydrogen) atoms. The van der Waals surface area contributed by atoms with Gasteiger partial charge in [0.15, 0.2) is 6.10 Å². The van der Waals surface area contributed by atoms with Crippen molar-refractivity contribution in [3.05, 3.63) is 11.6 Å². The van der Waals surface area contributed by atoms with E-state index in [1.807, 2.05) is 0 Å². The summed E-state index contributed by atoms with van der Waals surface area (Å²) in [5.74, 6) is -1.84. The van der Waals surface area contributed by atoms with Crippen LogP contribution in [0.3, 0.4) is 0 Å². The van der Waals surface area contributed by atoms with Crippen LogP contribution < -0.4 is 0 Å². The summed E-state index contributed by atoms with van der Waals surface area (Å²) in [5.41, 5.74) is -1.32. The molecule has 0 radical (unpaired) electrons. The van der Waals surface area contributed by atoms with Crippen molar-refractivity contribution < 1.29 is 43.2 Å². The van der Waals surface area contributed by atoms with Crippen molar-refractivity contribution in [1.29, 1.82) is 0 Å².